The Balaban J connectivity index is 7.37. The number of hydrogen-bond acceptors (Lipinski definition) is 1. The second-order valence-corrected chi connectivity index (χ2v) is 14.5. The topological polar surface area (TPSA) is 0 Å². The van der Waals surface area contributed by atoms with Crippen LogP contribution in [0.5, 0.6) is 0 Å². The van der Waals surface area contributed by atoms with Crippen LogP contribution in [0.1, 0.15) is 0 Å². The van der Waals surface area contributed by atoms with Crippen LogP contribution in [0.2, 0.25) is 0 Å². The summed E-state index contributed by atoms with van der Waals surface area (Å²) in [7, 11) is 40.9. The summed E-state index contributed by atoms with van der Waals surface area (Å²) in [6.45, 7) is 0. The molecule has 0 spiro atoms. The second-order valence-electron chi connectivity index (χ2n) is 14.3. The molecule has 0 unspecified atom stereocenters. The van der Waals surface area contributed by atoms with E-state index in [0.717, 1.165) is 6.39 Å². The van der Waals surface area contributed by atoms with Gasteiger partial charge in [0.05, 0.1) is 0 Å². The Morgan fingerprint density at radius 1 is 0.412 bits per heavy atom. The standard InChI is InChI=1S/B33H33S/c1-17-26(16)31(25(14)15)33(30(23(10)11)24(12)13)27(18-34)32(28(19(2)3)20(4)5)29(21(6)7)22(8)9/h17H,1-16H2. The normalized spacial score (nSPS) is 9.29. The zero-order valence-electron chi connectivity index (χ0n) is 26.4. The van der Waals surface area contributed by atoms with Gasteiger partial charge in [-0.25, -0.2) is 0 Å². The molecule has 34 heavy (non-hydrogen) atoms. The molecule has 0 aromatic carbocycles. The van der Waals surface area contributed by atoms with Crippen LogP contribution in [0.4, 0.5) is 0 Å². The number of rotatable bonds is 16. The first kappa shape index (κ1) is 36.4. The molecule has 0 N–H and O–H groups in total. The van der Waals surface area contributed by atoms with Gasteiger partial charge in [0, 0.05) is 0 Å². The van der Waals surface area contributed by atoms with Gasteiger partial charge in [-0.3, -0.25) is 0 Å². The van der Waals surface area contributed by atoms with E-state index in [4.69, 9.17) is 12.1 Å². The molecule has 0 fully saturated rings. The summed E-state index contributed by atoms with van der Waals surface area (Å²) in [5.41, 5.74) is 0. The maximum atomic E-state index is 6.11. The average molecular weight is 422 g/mol. The predicted molar refractivity (Wildman–Crippen MR) is 244 cm³/mol. The van der Waals surface area contributed by atoms with E-state index in [0.29, 0.717) is 89.4 Å². The molecule has 0 amide bonds. The zero-order valence-corrected chi connectivity index (χ0v) is 27.2. The first-order valence-corrected chi connectivity index (χ1v) is 15.5. The summed E-state index contributed by atoms with van der Waals surface area (Å²) < 4.78 is 0. The summed E-state index contributed by atoms with van der Waals surface area (Å²) in [5.74, 6) is 0. The maximum absolute atomic E-state index is 6.11. The van der Waals surface area contributed by atoms with Crippen molar-refractivity contribution in [1.29, 1.82) is 0 Å². The van der Waals surface area contributed by atoms with Gasteiger partial charge in [0.15, 0.2) is 0 Å². The molecule has 138 valence electrons. The van der Waals surface area contributed by atoms with Crippen LogP contribution in [0.15, 0.2) is 0 Å². The molecule has 0 rings (SSSR count). The van der Waals surface area contributed by atoms with Crippen LogP contribution in [0.25, 0.3) is 0 Å². The molecule has 0 aromatic rings. The summed E-state index contributed by atoms with van der Waals surface area (Å²) in [6.07, 6.45) is 9.91. The van der Waals surface area contributed by atoms with Crippen molar-refractivity contribution in [3.8, 4) is 0 Å². The zero-order chi connectivity index (χ0) is 27.1. The van der Waals surface area contributed by atoms with E-state index >= 15 is 0 Å². The second kappa shape index (κ2) is 17.1. The van der Waals surface area contributed by atoms with Crippen molar-refractivity contribution in [3.63, 3.8) is 0 Å². The van der Waals surface area contributed by atoms with Crippen molar-refractivity contribution >= 4 is 245 Å². The molecular weight excluding hydrogens is 389 g/mol. The molecule has 0 atom stereocenters. The molecule has 0 saturated carbocycles. The van der Waals surface area contributed by atoms with Crippen molar-refractivity contribution in [2.24, 2.45) is 0 Å². The van der Waals surface area contributed by atoms with Gasteiger partial charge in [-0.2, -0.15) is 0 Å². The fourth-order valence-electron chi connectivity index (χ4n) is 8.71. The summed E-state index contributed by atoms with van der Waals surface area (Å²) in [5, 5.41) is 0. The van der Waals surface area contributed by atoms with E-state index in [1.54, 1.807) is 0 Å². The van der Waals surface area contributed by atoms with Crippen LogP contribution in [-0.4, -0.2) is 233 Å². The summed E-state index contributed by atoms with van der Waals surface area (Å²) in [4.78, 5) is 0. The molecule has 0 aliphatic carbocycles. The monoisotopic (exact) mass is 429 g/mol. The Labute approximate surface area is 243 Å². The van der Waals surface area contributed by atoms with Crippen LogP contribution in [0.3, 0.4) is 0 Å². The molecule has 0 saturated heterocycles. The Bertz CT molecular complexity index is 497. The van der Waals surface area contributed by atoms with Gasteiger partial charge in [0.1, 0.15) is 0 Å². The summed E-state index contributed by atoms with van der Waals surface area (Å²) in [6, 6.07) is 2.29. The predicted octanol–water partition coefficient (Wildman–Crippen LogP) is -20.8. The first-order valence-electron chi connectivity index (χ1n) is 15.0. The van der Waals surface area contributed by atoms with Crippen LogP contribution >= 0.6 is 12.1 Å². The van der Waals surface area contributed by atoms with Gasteiger partial charge in [0.2, 0.25) is 0 Å². The van der Waals surface area contributed by atoms with E-state index in [2.05, 4.69) is 130 Å². The molecule has 0 bridgehead atoms. The quantitative estimate of drug-likeness (QED) is 0.223. The van der Waals surface area contributed by atoms with Gasteiger partial charge < -0.3 is 0 Å². The fourth-order valence-corrected chi connectivity index (χ4v) is 9.07. The molecule has 0 radical (unpaired) electrons. The Morgan fingerprint density at radius 3 is 0.824 bits per heavy atom. The Hall–Kier alpha value is 2.36. The molecule has 0 aliphatic rings. The average Bonchev–Trinajstić information content (AvgIpc) is 2.66. The molecular formula is H33B33S. The molecule has 0 nitrogen and oxygen atoms in total. The van der Waals surface area contributed by atoms with Gasteiger partial charge in [-0.1, -0.05) is 0 Å². The number of hydrogen-bond donors (Lipinski definition) is 0. The minimum atomic E-state index is 0.482. The SMILES string of the molecule is BBB(B)B(B(B)B)B(B(B=S)B(B(B(B)B)B(B)B)B(B(B)B)B(B)B)B(B(B)B)B(B)B. The fraction of sp³-hybridized carbons (Fsp3) is 0. The molecule has 0 aromatic heterocycles. The third-order valence-corrected chi connectivity index (χ3v) is 9.83. The molecule has 34 heteroatoms. The van der Waals surface area contributed by atoms with Crippen LogP contribution in [-0.2, 0) is 0 Å². The first-order chi connectivity index (χ1) is 15.6. The van der Waals surface area contributed by atoms with Crippen LogP contribution < -0.4 is 0 Å². The van der Waals surface area contributed by atoms with Gasteiger partial charge in [-0.05, 0) is 0 Å². The van der Waals surface area contributed by atoms with Crippen molar-refractivity contribution in [2.45, 2.75) is 0 Å². The Kier molecular flexibility index (Phi) is 18.3. The molecule has 0 heterocycles. The molecule has 0 aliphatic heterocycles. The van der Waals surface area contributed by atoms with Gasteiger partial charge in [-0.15, -0.1) is 0 Å². The van der Waals surface area contributed by atoms with Gasteiger partial charge in [0.25, 0.3) is 0 Å². The van der Waals surface area contributed by atoms with E-state index in [9.17, 15) is 0 Å². The van der Waals surface area contributed by atoms with E-state index in [1.165, 1.54) is 7.06 Å². The summed E-state index contributed by atoms with van der Waals surface area (Å²) >= 11 is 6.11. The Morgan fingerprint density at radius 2 is 0.647 bits per heavy atom. The van der Waals surface area contributed by atoms with Crippen molar-refractivity contribution in [2.75, 3.05) is 0 Å². The van der Waals surface area contributed by atoms with Crippen LogP contribution in [0, 0.1) is 0 Å². The van der Waals surface area contributed by atoms with Gasteiger partial charge >= 0.3 is 245 Å². The van der Waals surface area contributed by atoms with E-state index in [1.807, 2.05) is 0 Å². The third-order valence-electron chi connectivity index (χ3n) is 9.51. The third kappa shape index (κ3) is 9.83. The van der Waals surface area contributed by atoms with Crippen molar-refractivity contribution in [1.82, 2.24) is 0 Å². The minimum absolute atomic E-state index is 0.482. The van der Waals surface area contributed by atoms with E-state index in [-0.39, 0.29) is 0 Å². The van der Waals surface area contributed by atoms with E-state index < -0.39 is 0 Å². The van der Waals surface area contributed by atoms with Crippen molar-refractivity contribution < 1.29 is 0 Å². The van der Waals surface area contributed by atoms with Crippen molar-refractivity contribution in [3.05, 3.63) is 0 Å².